The molecule has 178 valence electrons. The predicted molar refractivity (Wildman–Crippen MR) is 134 cm³/mol. The Morgan fingerprint density at radius 1 is 1.00 bits per heavy atom. The van der Waals surface area contributed by atoms with Gasteiger partial charge in [0, 0.05) is 17.2 Å². The fourth-order valence-corrected chi connectivity index (χ4v) is 4.39. The van der Waals surface area contributed by atoms with Crippen molar-refractivity contribution in [2.45, 2.75) is 25.3 Å². The fraction of sp³-hybridized carbons (Fsp3) is 0.179. The van der Waals surface area contributed by atoms with Gasteiger partial charge in [-0.1, -0.05) is 60.7 Å². The van der Waals surface area contributed by atoms with E-state index in [1.165, 1.54) is 6.08 Å². The van der Waals surface area contributed by atoms with Gasteiger partial charge in [0.05, 0.1) is 0 Å². The van der Waals surface area contributed by atoms with Gasteiger partial charge in [0.1, 0.15) is 12.6 Å². The zero-order chi connectivity index (χ0) is 24.9. The molecule has 7 nitrogen and oxygen atoms in total. The lowest BCUT2D eigenvalue weighted by Crippen LogP contribution is -2.40. The number of amides is 2. The van der Waals surface area contributed by atoms with Gasteiger partial charge in [-0.25, -0.2) is 9.59 Å². The number of ether oxygens (including phenoxy) is 1. The van der Waals surface area contributed by atoms with Crippen LogP contribution in [0.25, 0.3) is 11.1 Å². The van der Waals surface area contributed by atoms with Crippen LogP contribution >= 0.6 is 0 Å². The van der Waals surface area contributed by atoms with E-state index in [2.05, 4.69) is 29.3 Å². The van der Waals surface area contributed by atoms with Crippen molar-refractivity contribution in [3.05, 3.63) is 102 Å². The van der Waals surface area contributed by atoms with Crippen LogP contribution in [0.15, 0.2) is 79.4 Å². The number of rotatable bonds is 8. The van der Waals surface area contributed by atoms with Gasteiger partial charge >= 0.3 is 12.1 Å². The highest BCUT2D eigenvalue weighted by atomic mass is 16.5. The van der Waals surface area contributed by atoms with Crippen LogP contribution in [0.1, 0.15) is 39.4 Å². The molecule has 0 aromatic heterocycles. The first-order valence-corrected chi connectivity index (χ1v) is 11.3. The van der Waals surface area contributed by atoms with E-state index in [1.807, 2.05) is 36.4 Å². The monoisotopic (exact) mass is 470 g/mol. The first-order chi connectivity index (χ1) is 16.9. The number of anilines is 1. The number of fused-ring (bicyclic) bond motifs is 3. The maximum atomic E-state index is 12.7. The topological polar surface area (TPSA) is 105 Å². The summed E-state index contributed by atoms with van der Waals surface area (Å²) in [5.41, 5.74) is 5.68. The van der Waals surface area contributed by atoms with Crippen LogP contribution in [0.4, 0.5) is 10.5 Å². The molecule has 0 fully saturated rings. The summed E-state index contributed by atoms with van der Waals surface area (Å²) in [6.45, 7) is 5.37. The number of carbonyl (C=O) groups excluding carboxylic acids is 2. The molecular formula is C28H26N2O5. The second-order valence-corrected chi connectivity index (χ2v) is 8.32. The molecule has 0 spiro atoms. The summed E-state index contributed by atoms with van der Waals surface area (Å²) in [6.07, 6.45) is 0.890. The molecule has 1 atom stereocenters. The van der Waals surface area contributed by atoms with Gasteiger partial charge in [-0.05, 0) is 53.3 Å². The van der Waals surface area contributed by atoms with Crippen molar-refractivity contribution in [1.29, 1.82) is 0 Å². The Bertz CT molecular complexity index is 1250. The number of carbonyl (C=O) groups is 3. The molecule has 0 bridgehead atoms. The Kier molecular flexibility index (Phi) is 6.96. The molecule has 7 heteroatoms. The Balaban J connectivity index is 1.44. The quantitative estimate of drug-likeness (QED) is 0.397. The van der Waals surface area contributed by atoms with E-state index in [0.29, 0.717) is 11.3 Å². The molecule has 4 rings (SSSR count). The minimum absolute atomic E-state index is 0.0656. The number of nitrogens with one attached hydrogen (secondary N) is 2. The largest absolute Gasteiger partial charge is 0.480 e. The van der Waals surface area contributed by atoms with E-state index in [0.717, 1.165) is 22.3 Å². The Morgan fingerprint density at radius 2 is 1.63 bits per heavy atom. The molecule has 1 aliphatic rings. The third-order valence-corrected chi connectivity index (χ3v) is 6.16. The van der Waals surface area contributed by atoms with Crippen molar-refractivity contribution in [2.75, 3.05) is 11.9 Å². The highest BCUT2D eigenvalue weighted by Gasteiger charge is 2.29. The molecule has 0 radical (unpaired) electrons. The second-order valence-electron chi connectivity index (χ2n) is 8.32. The standard InChI is InChI=1S/C28H26N2O5/c1-3-9-25(27(32)33)29-26(31)18-14-8-15-24(17(18)2)30-28(34)35-16-23-21-12-6-4-10-19(21)20-11-5-7-13-22(20)23/h3-8,10-15,23,25H,1,9,16H2,2H3,(H,29,31)(H,30,34)(H,32,33). The molecule has 0 heterocycles. The highest BCUT2D eigenvalue weighted by molar-refractivity contribution is 6.00. The van der Waals surface area contributed by atoms with Gasteiger partial charge in [0.2, 0.25) is 0 Å². The summed E-state index contributed by atoms with van der Waals surface area (Å²) >= 11 is 0. The van der Waals surface area contributed by atoms with Crippen molar-refractivity contribution >= 4 is 23.7 Å². The molecule has 35 heavy (non-hydrogen) atoms. The van der Waals surface area contributed by atoms with E-state index in [-0.39, 0.29) is 24.5 Å². The summed E-state index contributed by atoms with van der Waals surface area (Å²) in [6, 6.07) is 19.9. The fourth-order valence-electron chi connectivity index (χ4n) is 4.39. The molecule has 3 aromatic carbocycles. The van der Waals surface area contributed by atoms with E-state index in [1.54, 1.807) is 25.1 Å². The van der Waals surface area contributed by atoms with Gasteiger partial charge < -0.3 is 15.2 Å². The molecule has 2 amide bonds. The number of carboxylic acid groups (broad SMARTS) is 1. The first kappa shape index (κ1) is 23.8. The van der Waals surface area contributed by atoms with Crippen LogP contribution in [-0.4, -0.2) is 35.7 Å². The summed E-state index contributed by atoms with van der Waals surface area (Å²) in [7, 11) is 0. The SMILES string of the molecule is C=CCC(NC(=O)c1cccc(NC(=O)OCC2c3ccccc3-c3ccccc32)c1C)C(=O)O. The van der Waals surface area contributed by atoms with Gasteiger partial charge in [0.25, 0.3) is 5.91 Å². The van der Waals surface area contributed by atoms with Crippen LogP contribution in [0.2, 0.25) is 0 Å². The summed E-state index contributed by atoms with van der Waals surface area (Å²) in [5.74, 6) is -1.76. The Labute approximate surface area is 203 Å². The zero-order valence-corrected chi connectivity index (χ0v) is 19.3. The summed E-state index contributed by atoms with van der Waals surface area (Å²) in [5, 5.41) is 14.5. The van der Waals surface area contributed by atoms with Gasteiger partial charge in [-0.2, -0.15) is 0 Å². The lowest BCUT2D eigenvalue weighted by Gasteiger charge is -2.17. The Hall–Kier alpha value is -4.39. The molecule has 0 saturated heterocycles. The van der Waals surface area contributed by atoms with Crippen LogP contribution in [0, 0.1) is 6.92 Å². The number of hydrogen-bond donors (Lipinski definition) is 3. The summed E-state index contributed by atoms with van der Waals surface area (Å²) in [4.78, 5) is 36.7. The Morgan fingerprint density at radius 3 is 2.23 bits per heavy atom. The van der Waals surface area contributed by atoms with Crippen molar-refractivity contribution in [1.82, 2.24) is 5.32 Å². The third-order valence-electron chi connectivity index (χ3n) is 6.16. The zero-order valence-electron chi connectivity index (χ0n) is 19.3. The molecule has 1 aliphatic carbocycles. The minimum atomic E-state index is -1.15. The van der Waals surface area contributed by atoms with Crippen molar-refractivity contribution < 1.29 is 24.2 Å². The average Bonchev–Trinajstić information content (AvgIpc) is 3.17. The normalized spacial score (nSPS) is 12.7. The van der Waals surface area contributed by atoms with Crippen LogP contribution in [-0.2, 0) is 9.53 Å². The number of carboxylic acids is 1. The van der Waals surface area contributed by atoms with Crippen LogP contribution in [0.5, 0.6) is 0 Å². The molecule has 1 unspecified atom stereocenters. The molecule has 3 N–H and O–H groups in total. The van der Waals surface area contributed by atoms with Gasteiger partial charge in [-0.3, -0.25) is 10.1 Å². The maximum Gasteiger partial charge on any atom is 0.411 e. The van der Waals surface area contributed by atoms with Gasteiger partial charge in [0.15, 0.2) is 0 Å². The molecule has 0 aliphatic heterocycles. The number of aliphatic carboxylic acids is 1. The average molecular weight is 471 g/mol. The second kappa shape index (κ2) is 10.3. The predicted octanol–water partition coefficient (Wildman–Crippen LogP) is 5.12. The van der Waals surface area contributed by atoms with Crippen LogP contribution < -0.4 is 10.6 Å². The minimum Gasteiger partial charge on any atom is -0.480 e. The molecular weight excluding hydrogens is 444 g/mol. The number of benzene rings is 3. The third kappa shape index (κ3) is 4.94. The summed E-state index contributed by atoms with van der Waals surface area (Å²) < 4.78 is 5.59. The van der Waals surface area contributed by atoms with Crippen LogP contribution in [0.3, 0.4) is 0 Å². The van der Waals surface area contributed by atoms with Crippen molar-refractivity contribution in [3.63, 3.8) is 0 Å². The lowest BCUT2D eigenvalue weighted by molar-refractivity contribution is -0.139. The van der Waals surface area contributed by atoms with E-state index in [4.69, 9.17) is 4.74 Å². The first-order valence-electron chi connectivity index (χ1n) is 11.3. The van der Waals surface area contributed by atoms with E-state index < -0.39 is 24.0 Å². The lowest BCUT2D eigenvalue weighted by atomic mass is 9.98. The van der Waals surface area contributed by atoms with E-state index >= 15 is 0 Å². The molecule has 0 saturated carbocycles. The van der Waals surface area contributed by atoms with Crippen molar-refractivity contribution in [3.8, 4) is 11.1 Å². The van der Waals surface area contributed by atoms with Crippen molar-refractivity contribution in [2.24, 2.45) is 0 Å². The van der Waals surface area contributed by atoms with Gasteiger partial charge in [-0.15, -0.1) is 6.58 Å². The van der Waals surface area contributed by atoms with E-state index in [9.17, 15) is 19.5 Å². The maximum absolute atomic E-state index is 12.7. The smallest absolute Gasteiger partial charge is 0.411 e. The highest BCUT2D eigenvalue weighted by Crippen LogP contribution is 2.44. The molecule has 3 aromatic rings. The number of hydrogen-bond acceptors (Lipinski definition) is 4.